The van der Waals surface area contributed by atoms with Gasteiger partial charge < -0.3 is 4.42 Å². The van der Waals surface area contributed by atoms with Gasteiger partial charge in [0.1, 0.15) is 5.52 Å². The van der Waals surface area contributed by atoms with Crippen LogP contribution < -0.4 is 5.43 Å². The Morgan fingerprint density at radius 3 is 3.11 bits per heavy atom. The van der Waals surface area contributed by atoms with Gasteiger partial charge in [0.05, 0.1) is 0 Å². The average Bonchev–Trinajstić information content (AvgIpc) is 2.82. The molecule has 4 heteroatoms. The number of rotatable bonds is 3. The first-order valence-corrected chi connectivity index (χ1v) is 6.21. The Balaban J connectivity index is 1.65. The number of oxazole rings is 1. The minimum Gasteiger partial charge on any atom is -0.422 e. The molecule has 0 radical (unpaired) electrons. The maximum absolute atomic E-state index is 5.51. The van der Waals surface area contributed by atoms with Crippen molar-refractivity contribution in [2.24, 2.45) is 11.0 Å². The molecule has 18 heavy (non-hydrogen) atoms. The summed E-state index contributed by atoms with van der Waals surface area (Å²) in [4.78, 5) is 4.29. The van der Waals surface area contributed by atoms with Gasteiger partial charge >= 0.3 is 6.01 Å². The molecule has 92 valence electrons. The monoisotopic (exact) mass is 241 g/mol. The van der Waals surface area contributed by atoms with Gasteiger partial charge in [-0.15, -0.1) is 0 Å². The van der Waals surface area contributed by atoms with Crippen LogP contribution in [0.3, 0.4) is 0 Å². The third-order valence-electron chi connectivity index (χ3n) is 3.05. The first kappa shape index (κ1) is 11.0. The van der Waals surface area contributed by atoms with E-state index < -0.39 is 0 Å². The van der Waals surface area contributed by atoms with E-state index in [1.54, 1.807) is 0 Å². The Hall–Kier alpha value is -2.10. The lowest BCUT2D eigenvalue weighted by molar-refractivity contribution is 0.612. The second kappa shape index (κ2) is 5.04. The van der Waals surface area contributed by atoms with Crippen LogP contribution in [0.2, 0.25) is 0 Å². The number of para-hydroxylation sites is 2. The van der Waals surface area contributed by atoms with Crippen LogP contribution in [-0.4, -0.2) is 11.2 Å². The molecular formula is C14H15N3O. The summed E-state index contributed by atoms with van der Waals surface area (Å²) in [6.45, 7) is 0. The quantitative estimate of drug-likeness (QED) is 0.507. The van der Waals surface area contributed by atoms with E-state index in [-0.39, 0.29) is 0 Å². The molecule has 0 aliphatic heterocycles. The van der Waals surface area contributed by atoms with Gasteiger partial charge in [0, 0.05) is 6.21 Å². The maximum atomic E-state index is 5.51. The van der Waals surface area contributed by atoms with Crippen LogP contribution in [0.25, 0.3) is 11.1 Å². The van der Waals surface area contributed by atoms with Gasteiger partial charge in [0.15, 0.2) is 5.58 Å². The van der Waals surface area contributed by atoms with Gasteiger partial charge in [-0.2, -0.15) is 10.1 Å². The zero-order valence-corrected chi connectivity index (χ0v) is 10.0. The molecule has 0 amide bonds. The first-order valence-electron chi connectivity index (χ1n) is 6.21. The molecule has 3 rings (SSSR count). The van der Waals surface area contributed by atoms with Crippen molar-refractivity contribution in [3.05, 3.63) is 36.4 Å². The Morgan fingerprint density at radius 2 is 2.28 bits per heavy atom. The van der Waals surface area contributed by atoms with E-state index in [9.17, 15) is 0 Å². The minimum atomic E-state index is 0.443. The molecular weight excluding hydrogens is 226 g/mol. The lowest BCUT2D eigenvalue weighted by atomic mass is 9.96. The molecule has 0 bridgehead atoms. The lowest BCUT2D eigenvalue weighted by Gasteiger charge is -2.11. The van der Waals surface area contributed by atoms with Gasteiger partial charge in [-0.25, -0.2) is 5.43 Å². The molecule has 1 atom stereocenters. The van der Waals surface area contributed by atoms with Crippen LogP contribution in [-0.2, 0) is 0 Å². The summed E-state index contributed by atoms with van der Waals surface area (Å²) in [6.07, 6.45) is 9.74. The fraction of sp³-hybridized carbons (Fsp3) is 0.286. The van der Waals surface area contributed by atoms with Crippen LogP contribution in [0.5, 0.6) is 0 Å². The van der Waals surface area contributed by atoms with E-state index in [2.05, 4.69) is 27.7 Å². The second-order valence-electron chi connectivity index (χ2n) is 4.42. The van der Waals surface area contributed by atoms with Gasteiger partial charge in [-0.05, 0) is 37.3 Å². The van der Waals surface area contributed by atoms with Gasteiger partial charge in [0.2, 0.25) is 0 Å². The first-order chi connectivity index (χ1) is 8.92. The number of nitrogens with one attached hydrogen (secondary N) is 1. The molecule has 0 fully saturated rings. The van der Waals surface area contributed by atoms with Crippen molar-refractivity contribution in [3.63, 3.8) is 0 Å². The Bertz CT molecular complexity index is 552. The molecule has 1 aromatic carbocycles. The largest absolute Gasteiger partial charge is 0.422 e. The van der Waals surface area contributed by atoms with E-state index in [0.717, 1.165) is 30.4 Å². The highest BCUT2D eigenvalue weighted by Crippen LogP contribution is 2.19. The van der Waals surface area contributed by atoms with Gasteiger partial charge in [0.25, 0.3) is 0 Å². The number of benzene rings is 1. The van der Waals surface area contributed by atoms with E-state index in [1.807, 2.05) is 30.5 Å². The Labute approximate surface area is 105 Å². The van der Waals surface area contributed by atoms with Crippen molar-refractivity contribution >= 4 is 23.3 Å². The van der Waals surface area contributed by atoms with Crippen molar-refractivity contribution in [1.82, 2.24) is 4.98 Å². The molecule has 0 saturated heterocycles. The van der Waals surface area contributed by atoms with Crippen LogP contribution in [0.4, 0.5) is 6.01 Å². The fourth-order valence-corrected chi connectivity index (χ4v) is 2.07. The van der Waals surface area contributed by atoms with Crippen LogP contribution >= 0.6 is 0 Å². The summed E-state index contributed by atoms with van der Waals surface area (Å²) in [5.74, 6) is 0.520. The molecule has 1 N–H and O–H groups in total. The van der Waals surface area contributed by atoms with E-state index >= 15 is 0 Å². The SMILES string of the molecule is C1=CC[C@@H](/C=N\Nc2nc3ccccc3o2)CC1. The van der Waals surface area contributed by atoms with Gasteiger partial charge in [-0.1, -0.05) is 24.3 Å². The third-order valence-corrected chi connectivity index (χ3v) is 3.05. The number of aromatic nitrogens is 1. The number of nitrogens with zero attached hydrogens (tertiary/aromatic N) is 2. The van der Waals surface area contributed by atoms with E-state index in [4.69, 9.17) is 4.42 Å². The number of hydrazone groups is 1. The van der Waals surface area contributed by atoms with Crippen molar-refractivity contribution < 1.29 is 4.42 Å². The molecule has 1 aromatic heterocycles. The number of hydrogen-bond acceptors (Lipinski definition) is 4. The van der Waals surface area contributed by atoms with Crippen molar-refractivity contribution in [2.75, 3.05) is 5.43 Å². The lowest BCUT2D eigenvalue weighted by Crippen LogP contribution is -2.05. The Morgan fingerprint density at radius 1 is 1.33 bits per heavy atom. The van der Waals surface area contributed by atoms with E-state index in [1.165, 1.54) is 0 Å². The highest BCUT2D eigenvalue weighted by molar-refractivity contribution is 5.74. The molecule has 1 aliphatic carbocycles. The Kier molecular flexibility index (Phi) is 3.08. The molecule has 4 nitrogen and oxygen atoms in total. The van der Waals surface area contributed by atoms with Crippen LogP contribution in [0.15, 0.2) is 45.9 Å². The number of allylic oxidation sites excluding steroid dienone is 2. The predicted octanol–water partition coefficient (Wildman–Crippen LogP) is 3.58. The zero-order valence-electron chi connectivity index (χ0n) is 10.0. The molecule has 0 unspecified atom stereocenters. The predicted molar refractivity (Wildman–Crippen MR) is 72.6 cm³/mol. The third kappa shape index (κ3) is 2.42. The van der Waals surface area contributed by atoms with Gasteiger partial charge in [-0.3, -0.25) is 0 Å². The van der Waals surface area contributed by atoms with Crippen molar-refractivity contribution in [1.29, 1.82) is 0 Å². The van der Waals surface area contributed by atoms with Crippen molar-refractivity contribution in [3.8, 4) is 0 Å². The topological polar surface area (TPSA) is 50.4 Å². The highest BCUT2D eigenvalue weighted by atomic mass is 16.4. The fourth-order valence-electron chi connectivity index (χ4n) is 2.07. The summed E-state index contributed by atoms with van der Waals surface area (Å²) in [5, 5.41) is 4.20. The summed E-state index contributed by atoms with van der Waals surface area (Å²) >= 11 is 0. The maximum Gasteiger partial charge on any atom is 0.316 e. The van der Waals surface area contributed by atoms with E-state index in [0.29, 0.717) is 11.9 Å². The molecule has 2 aromatic rings. The standard InChI is InChI=1S/C14H15N3O/c1-2-6-11(7-3-1)10-15-17-14-16-12-8-4-5-9-13(12)18-14/h1-2,4-5,8-11H,3,6-7H2,(H,16,17)/b15-10-/t11-/m1/s1. The normalized spacial score (nSPS) is 19.7. The van der Waals surface area contributed by atoms with Crippen molar-refractivity contribution in [2.45, 2.75) is 19.3 Å². The molecule has 0 spiro atoms. The number of anilines is 1. The summed E-state index contributed by atoms with van der Waals surface area (Å²) in [7, 11) is 0. The van der Waals surface area contributed by atoms with Crippen LogP contribution in [0, 0.1) is 5.92 Å². The molecule has 0 saturated carbocycles. The molecule has 1 heterocycles. The second-order valence-corrected chi connectivity index (χ2v) is 4.42. The van der Waals surface area contributed by atoms with Crippen LogP contribution in [0.1, 0.15) is 19.3 Å². The smallest absolute Gasteiger partial charge is 0.316 e. The number of hydrogen-bond donors (Lipinski definition) is 1. The number of fused-ring (bicyclic) bond motifs is 1. The summed E-state index contributed by atoms with van der Waals surface area (Å²) in [6, 6.07) is 8.11. The molecule has 1 aliphatic rings. The summed E-state index contributed by atoms with van der Waals surface area (Å²) in [5.41, 5.74) is 4.47. The highest BCUT2D eigenvalue weighted by Gasteiger charge is 2.07. The minimum absolute atomic E-state index is 0.443. The average molecular weight is 241 g/mol. The zero-order chi connectivity index (χ0) is 12.2. The summed E-state index contributed by atoms with van der Waals surface area (Å²) < 4.78 is 5.51.